The summed E-state index contributed by atoms with van der Waals surface area (Å²) in [4.78, 5) is 4.59. The van der Waals surface area contributed by atoms with Crippen molar-refractivity contribution in [3.8, 4) is 0 Å². The summed E-state index contributed by atoms with van der Waals surface area (Å²) in [7, 11) is 1.64. The van der Waals surface area contributed by atoms with E-state index in [-0.39, 0.29) is 12.1 Å². The molecule has 0 saturated heterocycles. The molecule has 1 aromatic carbocycles. The molecule has 0 saturated carbocycles. The summed E-state index contributed by atoms with van der Waals surface area (Å²) in [6.07, 6.45) is 0. The minimum Gasteiger partial charge on any atom is -0.383 e. The third-order valence-corrected chi connectivity index (χ3v) is 3.11. The second kappa shape index (κ2) is 5.26. The molecule has 0 aliphatic carbocycles. The van der Waals surface area contributed by atoms with Crippen LogP contribution in [0, 0.1) is 0 Å². The summed E-state index contributed by atoms with van der Waals surface area (Å²) in [5, 5.41) is 0.705. The van der Waals surface area contributed by atoms with Crippen LogP contribution in [0.5, 0.6) is 0 Å². The van der Waals surface area contributed by atoms with Crippen LogP contribution in [0.1, 0.15) is 31.8 Å². The summed E-state index contributed by atoms with van der Waals surface area (Å²) in [5.74, 6) is 0.837. The molecule has 1 unspecified atom stereocenters. The van der Waals surface area contributed by atoms with E-state index in [2.05, 4.69) is 23.4 Å². The van der Waals surface area contributed by atoms with Gasteiger partial charge in [-0.05, 0) is 32.0 Å². The molecule has 98 valence electrons. The first-order valence-corrected chi connectivity index (χ1v) is 6.34. The molecule has 1 heterocycles. The number of methoxy groups -OCH3 is 1. The zero-order chi connectivity index (χ0) is 13.3. The fourth-order valence-corrected chi connectivity index (χ4v) is 2.31. The Balaban J connectivity index is 2.61. The summed E-state index contributed by atoms with van der Waals surface area (Å²) in [5.41, 5.74) is 8.03. The lowest BCUT2D eigenvalue weighted by molar-refractivity contribution is 0.176. The van der Waals surface area contributed by atoms with E-state index in [1.165, 1.54) is 0 Å². The molecule has 0 amide bonds. The third kappa shape index (κ3) is 2.36. The van der Waals surface area contributed by atoms with Gasteiger partial charge in [-0.2, -0.15) is 0 Å². The first-order chi connectivity index (χ1) is 8.54. The molecular formula is C13H18ClN3O. The van der Waals surface area contributed by atoms with Crippen LogP contribution in [0.4, 0.5) is 0 Å². The number of hydrogen-bond donors (Lipinski definition) is 1. The molecule has 1 aromatic heterocycles. The fraction of sp³-hybridized carbons (Fsp3) is 0.462. The van der Waals surface area contributed by atoms with Crippen LogP contribution < -0.4 is 5.73 Å². The summed E-state index contributed by atoms with van der Waals surface area (Å²) in [6.45, 7) is 4.65. The lowest BCUT2D eigenvalue weighted by atomic mass is 10.2. The molecule has 2 N–H and O–H groups in total. The first kappa shape index (κ1) is 13.3. The minimum absolute atomic E-state index is 0.233. The molecule has 0 aliphatic rings. The van der Waals surface area contributed by atoms with Crippen LogP contribution in [0.3, 0.4) is 0 Å². The van der Waals surface area contributed by atoms with Crippen LogP contribution in [0.25, 0.3) is 11.0 Å². The number of hydrogen-bond acceptors (Lipinski definition) is 3. The molecule has 0 radical (unpaired) electrons. The minimum atomic E-state index is -0.233. The van der Waals surface area contributed by atoms with Gasteiger partial charge in [0.05, 0.1) is 23.7 Å². The van der Waals surface area contributed by atoms with E-state index in [0.717, 1.165) is 16.9 Å². The second-order valence-corrected chi connectivity index (χ2v) is 5.07. The molecule has 0 fully saturated rings. The molecular weight excluding hydrogens is 250 g/mol. The molecule has 0 aliphatic heterocycles. The number of rotatable bonds is 4. The first-order valence-electron chi connectivity index (χ1n) is 5.96. The smallest absolute Gasteiger partial charge is 0.129 e. The lowest BCUT2D eigenvalue weighted by Crippen LogP contribution is -2.21. The van der Waals surface area contributed by atoms with Crippen molar-refractivity contribution in [1.29, 1.82) is 0 Å². The van der Waals surface area contributed by atoms with Gasteiger partial charge in [-0.1, -0.05) is 11.6 Å². The van der Waals surface area contributed by atoms with E-state index in [1.807, 2.05) is 18.2 Å². The van der Waals surface area contributed by atoms with E-state index in [0.29, 0.717) is 11.6 Å². The van der Waals surface area contributed by atoms with Crippen molar-refractivity contribution < 1.29 is 4.74 Å². The number of halogens is 1. The van der Waals surface area contributed by atoms with Gasteiger partial charge in [0.1, 0.15) is 5.82 Å². The molecule has 0 spiro atoms. The Morgan fingerprint density at radius 1 is 1.44 bits per heavy atom. The number of nitrogens with zero attached hydrogens (tertiary/aromatic N) is 2. The third-order valence-electron chi connectivity index (χ3n) is 2.87. The highest BCUT2D eigenvalue weighted by Gasteiger charge is 2.18. The van der Waals surface area contributed by atoms with E-state index in [9.17, 15) is 0 Å². The molecule has 4 nitrogen and oxygen atoms in total. The molecule has 2 aromatic rings. The number of imidazole rings is 1. The summed E-state index contributed by atoms with van der Waals surface area (Å²) >= 11 is 6.05. The van der Waals surface area contributed by atoms with Gasteiger partial charge in [0, 0.05) is 18.2 Å². The predicted molar refractivity (Wildman–Crippen MR) is 73.9 cm³/mol. The summed E-state index contributed by atoms with van der Waals surface area (Å²) in [6, 6.07) is 5.72. The summed E-state index contributed by atoms with van der Waals surface area (Å²) < 4.78 is 7.22. The average Bonchev–Trinajstić information content (AvgIpc) is 2.67. The van der Waals surface area contributed by atoms with Crippen LogP contribution in [0.2, 0.25) is 5.02 Å². The Kier molecular flexibility index (Phi) is 3.90. The largest absolute Gasteiger partial charge is 0.383 e. The Morgan fingerprint density at radius 3 is 2.78 bits per heavy atom. The van der Waals surface area contributed by atoms with Crippen molar-refractivity contribution in [1.82, 2.24) is 9.55 Å². The molecule has 2 rings (SSSR count). The van der Waals surface area contributed by atoms with E-state index >= 15 is 0 Å². The molecule has 18 heavy (non-hydrogen) atoms. The van der Waals surface area contributed by atoms with E-state index in [1.54, 1.807) is 7.11 Å². The maximum atomic E-state index is 6.10. The van der Waals surface area contributed by atoms with Crippen molar-refractivity contribution in [3.63, 3.8) is 0 Å². The number of fused-ring (bicyclic) bond motifs is 1. The Bertz CT molecular complexity index is 550. The van der Waals surface area contributed by atoms with Gasteiger partial charge in [0.25, 0.3) is 0 Å². The highest BCUT2D eigenvalue weighted by atomic mass is 35.5. The molecule has 5 heteroatoms. The van der Waals surface area contributed by atoms with Crippen LogP contribution >= 0.6 is 11.6 Å². The van der Waals surface area contributed by atoms with Gasteiger partial charge in [-0.3, -0.25) is 0 Å². The molecule has 1 atom stereocenters. The van der Waals surface area contributed by atoms with Crippen molar-refractivity contribution >= 4 is 22.6 Å². The van der Waals surface area contributed by atoms with Crippen LogP contribution in [-0.2, 0) is 4.74 Å². The van der Waals surface area contributed by atoms with Crippen LogP contribution in [0.15, 0.2) is 18.2 Å². The van der Waals surface area contributed by atoms with E-state index in [4.69, 9.17) is 22.1 Å². The standard InChI is InChI=1S/C13H18ClN3O/c1-8(2)17-12-6-9(14)4-5-11(12)16-13(17)10(15)7-18-3/h4-6,8,10H,7,15H2,1-3H3. The fourth-order valence-electron chi connectivity index (χ4n) is 2.14. The van der Waals surface area contributed by atoms with Gasteiger partial charge >= 0.3 is 0 Å². The van der Waals surface area contributed by atoms with Crippen molar-refractivity contribution in [3.05, 3.63) is 29.0 Å². The lowest BCUT2D eigenvalue weighted by Gasteiger charge is -2.17. The normalized spacial score (nSPS) is 13.4. The predicted octanol–water partition coefficient (Wildman–Crippen LogP) is 2.92. The topological polar surface area (TPSA) is 53.1 Å². The maximum absolute atomic E-state index is 6.10. The number of nitrogens with two attached hydrogens (primary N) is 1. The quantitative estimate of drug-likeness (QED) is 0.927. The number of benzene rings is 1. The van der Waals surface area contributed by atoms with Crippen molar-refractivity contribution in [2.24, 2.45) is 5.73 Å². The Morgan fingerprint density at radius 2 is 2.17 bits per heavy atom. The van der Waals surface area contributed by atoms with Gasteiger partial charge in [0.2, 0.25) is 0 Å². The van der Waals surface area contributed by atoms with Crippen molar-refractivity contribution in [2.75, 3.05) is 13.7 Å². The Labute approximate surface area is 112 Å². The average molecular weight is 268 g/mol. The van der Waals surface area contributed by atoms with Gasteiger partial charge in [0.15, 0.2) is 0 Å². The number of aromatic nitrogens is 2. The van der Waals surface area contributed by atoms with Gasteiger partial charge in [-0.25, -0.2) is 4.98 Å². The second-order valence-electron chi connectivity index (χ2n) is 4.63. The van der Waals surface area contributed by atoms with Gasteiger partial charge in [-0.15, -0.1) is 0 Å². The SMILES string of the molecule is COCC(N)c1nc2ccc(Cl)cc2n1C(C)C. The van der Waals surface area contributed by atoms with Gasteiger partial charge < -0.3 is 15.0 Å². The highest BCUT2D eigenvalue weighted by Crippen LogP contribution is 2.26. The monoisotopic (exact) mass is 267 g/mol. The van der Waals surface area contributed by atoms with Crippen molar-refractivity contribution in [2.45, 2.75) is 25.9 Å². The Hall–Kier alpha value is -1.10. The zero-order valence-corrected chi connectivity index (χ0v) is 11.6. The van der Waals surface area contributed by atoms with Crippen LogP contribution in [-0.4, -0.2) is 23.3 Å². The van der Waals surface area contributed by atoms with E-state index < -0.39 is 0 Å². The highest BCUT2D eigenvalue weighted by molar-refractivity contribution is 6.31. The zero-order valence-electron chi connectivity index (χ0n) is 10.9. The number of ether oxygens (including phenoxy) is 1. The maximum Gasteiger partial charge on any atom is 0.129 e. The molecule has 0 bridgehead atoms.